The predicted octanol–water partition coefficient (Wildman–Crippen LogP) is 4.85. The molecule has 0 bridgehead atoms. The van der Waals surface area contributed by atoms with Crippen LogP contribution in [0.4, 0.5) is 5.69 Å². The highest BCUT2D eigenvalue weighted by molar-refractivity contribution is 7.99. The van der Waals surface area contributed by atoms with Gasteiger partial charge in [-0.15, -0.1) is 11.8 Å². The van der Waals surface area contributed by atoms with Gasteiger partial charge >= 0.3 is 0 Å². The molecule has 1 aliphatic heterocycles. The minimum absolute atomic E-state index is 0.0742. The molecule has 1 amide bonds. The number of halogens is 1. The van der Waals surface area contributed by atoms with Gasteiger partial charge in [-0.1, -0.05) is 17.7 Å². The summed E-state index contributed by atoms with van der Waals surface area (Å²) in [7, 11) is 0. The summed E-state index contributed by atoms with van der Waals surface area (Å²) in [6.45, 7) is 5.18. The van der Waals surface area contributed by atoms with E-state index in [0.29, 0.717) is 47.6 Å². The maximum absolute atomic E-state index is 12.2. The monoisotopic (exact) mass is 377 g/mol. The van der Waals surface area contributed by atoms with Crippen LogP contribution in [0.1, 0.15) is 17.5 Å². The number of benzene rings is 2. The minimum Gasteiger partial charge on any atom is -0.486 e. The second-order valence-electron chi connectivity index (χ2n) is 5.87. The first-order valence-electron chi connectivity index (χ1n) is 8.12. The third-order valence-corrected chi connectivity index (χ3v) is 5.29. The Morgan fingerprint density at radius 3 is 2.56 bits per heavy atom. The van der Waals surface area contributed by atoms with Crippen molar-refractivity contribution in [3.63, 3.8) is 0 Å². The standard InChI is InChI=1S/C19H20ClNO3S/c1-12-3-4-14(9-13(12)2)25-8-5-19(22)21-16-11-18-17(10-15(16)20)23-6-7-24-18/h3-4,9-11H,5-8H2,1-2H3,(H,21,22). The number of aryl methyl sites for hydroxylation is 2. The summed E-state index contributed by atoms with van der Waals surface area (Å²) in [6, 6.07) is 9.73. The molecule has 0 spiro atoms. The number of anilines is 1. The molecule has 1 N–H and O–H groups in total. The topological polar surface area (TPSA) is 47.6 Å². The summed E-state index contributed by atoms with van der Waals surface area (Å²) < 4.78 is 11.0. The van der Waals surface area contributed by atoms with Crippen LogP contribution in [-0.4, -0.2) is 24.9 Å². The summed E-state index contributed by atoms with van der Waals surface area (Å²) in [6.07, 6.45) is 0.405. The van der Waals surface area contributed by atoms with Crippen molar-refractivity contribution in [1.29, 1.82) is 0 Å². The SMILES string of the molecule is Cc1ccc(SCCC(=O)Nc2cc3c(cc2Cl)OCCO3)cc1C. The van der Waals surface area contributed by atoms with Crippen LogP contribution >= 0.6 is 23.4 Å². The molecule has 2 aromatic rings. The van der Waals surface area contributed by atoms with Crippen molar-refractivity contribution in [3.05, 3.63) is 46.5 Å². The molecule has 1 aliphatic rings. The van der Waals surface area contributed by atoms with E-state index >= 15 is 0 Å². The van der Waals surface area contributed by atoms with Crippen molar-refractivity contribution in [1.82, 2.24) is 0 Å². The lowest BCUT2D eigenvalue weighted by Gasteiger charge is -2.20. The molecule has 2 aromatic carbocycles. The largest absolute Gasteiger partial charge is 0.486 e. The molecule has 0 atom stereocenters. The van der Waals surface area contributed by atoms with E-state index in [1.165, 1.54) is 16.0 Å². The van der Waals surface area contributed by atoms with Crippen molar-refractivity contribution >= 4 is 35.0 Å². The van der Waals surface area contributed by atoms with E-state index < -0.39 is 0 Å². The molecule has 6 heteroatoms. The van der Waals surface area contributed by atoms with Crippen molar-refractivity contribution in [2.24, 2.45) is 0 Å². The summed E-state index contributed by atoms with van der Waals surface area (Å²) >= 11 is 7.88. The minimum atomic E-state index is -0.0742. The first-order chi connectivity index (χ1) is 12.0. The van der Waals surface area contributed by atoms with Gasteiger partial charge in [0.25, 0.3) is 0 Å². The average molecular weight is 378 g/mol. The maximum atomic E-state index is 12.2. The highest BCUT2D eigenvalue weighted by Crippen LogP contribution is 2.38. The molecule has 4 nitrogen and oxygen atoms in total. The number of rotatable bonds is 5. The molecule has 1 heterocycles. The van der Waals surface area contributed by atoms with Gasteiger partial charge in [0, 0.05) is 29.2 Å². The molecule has 0 saturated carbocycles. The lowest BCUT2D eigenvalue weighted by Crippen LogP contribution is -2.17. The highest BCUT2D eigenvalue weighted by Gasteiger charge is 2.16. The van der Waals surface area contributed by atoms with E-state index in [2.05, 4.69) is 37.4 Å². The number of nitrogens with one attached hydrogen (secondary N) is 1. The number of thioether (sulfide) groups is 1. The zero-order valence-electron chi connectivity index (χ0n) is 14.2. The van der Waals surface area contributed by atoms with E-state index in [-0.39, 0.29) is 5.91 Å². The zero-order valence-corrected chi connectivity index (χ0v) is 15.8. The normalized spacial score (nSPS) is 12.8. The third-order valence-electron chi connectivity index (χ3n) is 3.98. The third kappa shape index (κ3) is 4.61. The smallest absolute Gasteiger partial charge is 0.225 e. The first-order valence-corrected chi connectivity index (χ1v) is 9.48. The lowest BCUT2D eigenvalue weighted by molar-refractivity contribution is -0.115. The van der Waals surface area contributed by atoms with Crippen molar-refractivity contribution in [2.75, 3.05) is 24.3 Å². The van der Waals surface area contributed by atoms with Crippen molar-refractivity contribution in [3.8, 4) is 11.5 Å². The number of fused-ring (bicyclic) bond motifs is 1. The number of hydrogen-bond acceptors (Lipinski definition) is 4. The molecule has 132 valence electrons. The maximum Gasteiger partial charge on any atom is 0.225 e. The highest BCUT2D eigenvalue weighted by atomic mass is 35.5. The van der Waals surface area contributed by atoms with Gasteiger partial charge in [0.15, 0.2) is 11.5 Å². The van der Waals surface area contributed by atoms with Gasteiger partial charge in [-0.05, 0) is 37.1 Å². The average Bonchev–Trinajstić information content (AvgIpc) is 2.59. The molecule has 0 saturated heterocycles. The molecular weight excluding hydrogens is 358 g/mol. The van der Waals surface area contributed by atoms with Crippen LogP contribution in [0.2, 0.25) is 5.02 Å². The Morgan fingerprint density at radius 1 is 1.12 bits per heavy atom. The van der Waals surface area contributed by atoms with Gasteiger partial charge in [0.1, 0.15) is 13.2 Å². The Kier molecular flexibility index (Phi) is 5.76. The van der Waals surface area contributed by atoms with E-state index in [9.17, 15) is 4.79 Å². The Labute approximate surface area is 156 Å². The number of carbonyl (C=O) groups excluding carboxylic acids is 1. The second kappa shape index (κ2) is 8.02. The number of amides is 1. The molecule has 25 heavy (non-hydrogen) atoms. The van der Waals surface area contributed by atoms with Gasteiger partial charge < -0.3 is 14.8 Å². The van der Waals surface area contributed by atoms with Gasteiger partial charge in [0.05, 0.1) is 10.7 Å². The van der Waals surface area contributed by atoms with Crippen molar-refractivity contribution < 1.29 is 14.3 Å². The fraction of sp³-hybridized carbons (Fsp3) is 0.316. The summed E-state index contributed by atoms with van der Waals surface area (Å²) in [5.74, 6) is 1.85. The molecule has 0 radical (unpaired) electrons. The first kappa shape index (κ1) is 18.0. The van der Waals surface area contributed by atoms with Crippen LogP contribution in [0.5, 0.6) is 11.5 Å². The molecule has 0 aromatic heterocycles. The fourth-order valence-corrected chi connectivity index (χ4v) is 3.59. The molecule has 0 fully saturated rings. The quantitative estimate of drug-likeness (QED) is 0.757. The zero-order chi connectivity index (χ0) is 17.8. The van der Waals surface area contributed by atoms with Gasteiger partial charge in [-0.25, -0.2) is 0 Å². The second-order valence-corrected chi connectivity index (χ2v) is 7.44. The van der Waals surface area contributed by atoms with Crippen LogP contribution in [0, 0.1) is 13.8 Å². The number of ether oxygens (including phenoxy) is 2. The van der Waals surface area contributed by atoms with Crippen LogP contribution in [0.25, 0.3) is 0 Å². The van der Waals surface area contributed by atoms with E-state index in [1.54, 1.807) is 23.9 Å². The summed E-state index contributed by atoms with van der Waals surface area (Å²) in [5.41, 5.74) is 3.08. The predicted molar refractivity (Wildman–Crippen MR) is 102 cm³/mol. The number of hydrogen-bond donors (Lipinski definition) is 1. The summed E-state index contributed by atoms with van der Waals surface area (Å²) in [4.78, 5) is 13.4. The molecular formula is C19H20ClNO3S. The Bertz CT molecular complexity index is 794. The van der Waals surface area contributed by atoms with E-state index in [1.807, 2.05) is 0 Å². The van der Waals surface area contributed by atoms with E-state index in [0.717, 1.165) is 0 Å². The van der Waals surface area contributed by atoms with Crippen molar-refractivity contribution in [2.45, 2.75) is 25.2 Å². The lowest BCUT2D eigenvalue weighted by atomic mass is 10.1. The van der Waals surface area contributed by atoms with Crippen LogP contribution in [0.15, 0.2) is 35.2 Å². The number of carbonyl (C=O) groups is 1. The molecule has 0 aliphatic carbocycles. The van der Waals surface area contributed by atoms with Gasteiger partial charge in [-0.3, -0.25) is 4.79 Å². The Hall–Kier alpha value is -1.85. The Balaban J connectivity index is 1.55. The van der Waals surface area contributed by atoms with Crippen LogP contribution in [-0.2, 0) is 4.79 Å². The molecule has 3 rings (SSSR count). The van der Waals surface area contributed by atoms with Gasteiger partial charge in [-0.2, -0.15) is 0 Å². The molecule has 0 unspecified atom stereocenters. The summed E-state index contributed by atoms with van der Waals surface area (Å²) in [5, 5.41) is 3.29. The van der Waals surface area contributed by atoms with Gasteiger partial charge in [0.2, 0.25) is 5.91 Å². The van der Waals surface area contributed by atoms with Crippen LogP contribution in [0.3, 0.4) is 0 Å². The van der Waals surface area contributed by atoms with Crippen LogP contribution < -0.4 is 14.8 Å². The fourth-order valence-electron chi connectivity index (χ4n) is 2.44. The Morgan fingerprint density at radius 2 is 1.84 bits per heavy atom. The van der Waals surface area contributed by atoms with E-state index in [4.69, 9.17) is 21.1 Å².